The van der Waals surface area contributed by atoms with Crippen LogP contribution in [0.15, 0.2) is 12.4 Å². The molecule has 1 aromatic rings. The molecule has 1 heterocycles. The van der Waals surface area contributed by atoms with Crippen LogP contribution in [0.2, 0.25) is 5.02 Å². The van der Waals surface area contributed by atoms with Gasteiger partial charge in [0.25, 0.3) is 0 Å². The van der Waals surface area contributed by atoms with Gasteiger partial charge in [0.1, 0.15) is 6.04 Å². The van der Waals surface area contributed by atoms with Gasteiger partial charge in [-0.25, -0.2) is 4.79 Å². The summed E-state index contributed by atoms with van der Waals surface area (Å²) in [5.41, 5.74) is 0. The van der Waals surface area contributed by atoms with Crippen molar-refractivity contribution in [1.82, 2.24) is 9.78 Å². The molecule has 1 unspecified atom stereocenters. The molecule has 0 fully saturated rings. The molecule has 0 aliphatic carbocycles. The molecule has 0 radical (unpaired) electrons. The molecule has 5 heteroatoms. The van der Waals surface area contributed by atoms with Gasteiger partial charge in [0.15, 0.2) is 0 Å². The van der Waals surface area contributed by atoms with Crippen molar-refractivity contribution in [1.29, 1.82) is 0 Å². The molecule has 1 rings (SSSR count). The third-order valence-corrected chi connectivity index (χ3v) is 2.03. The van der Waals surface area contributed by atoms with Crippen LogP contribution in [0.4, 0.5) is 0 Å². The zero-order valence-electron chi connectivity index (χ0n) is 8.24. The lowest BCUT2D eigenvalue weighted by molar-refractivity contribution is -0.147. The van der Waals surface area contributed by atoms with Crippen LogP contribution >= 0.6 is 11.6 Å². The molecule has 78 valence electrons. The average molecular weight is 217 g/mol. The Morgan fingerprint density at radius 2 is 2.43 bits per heavy atom. The van der Waals surface area contributed by atoms with Crippen molar-refractivity contribution in [2.24, 2.45) is 0 Å². The number of ether oxygens (including phenoxy) is 1. The summed E-state index contributed by atoms with van der Waals surface area (Å²) < 4.78 is 6.44. The number of aromatic nitrogens is 2. The Kier molecular flexibility index (Phi) is 3.95. The standard InChI is InChI=1S/C9H13ClN2O2/c1-3-8(9(13)14-4-2)12-6-7(10)5-11-12/h5-6,8H,3-4H2,1-2H3. The summed E-state index contributed by atoms with van der Waals surface area (Å²) in [6, 6.07) is -0.373. The highest BCUT2D eigenvalue weighted by atomic mass is 35.5. The van der Waals surface area contributed by atoms with Crippen molar-refractivity contribution in [2.45, 2.75) is 26.3 Å². The Morgan fingerprint density at radius 3 is 2.86 bits per heavy atom. The molecule has 0 spiro atoms. The number of hydrogen-bond donors (Lipinski definition) is 0. The van der Waals surface area contributed by atoms with Gasteiger partial charge in [0.05, 0.1) is 17.8 Å². The van der Waals surface area contributed by atoms with E-state index >= 15 is 0 Å². The fourth-order valence-electron chi connectivity index (χ4n) is 1.19. The Hall–Kier alpha value is -1.03. The Bertz CT molecular complexity index is 312. The molecule has 0 N–H and O–H groups in total. The van der Waals surface area contributed by atoms with E-state index in [2.05, 4.69) is 5.10 Å². The van der Waals surface area contributed by atoms with Gasteiger partial charge in [-0.1, -0.05) is 18.5 Å². The van der Waals surface area contributed by atoms with Gasteiger partial charge in [0, 0.05) is 6.20 Å². The highest BCUT2D eigenvalue weighted by Crippen LogP contribution is 2.15. The highest BCUT2D eigenvalue weighted by Gasteiger charge is 2.20. The first-order valence-corrected chi connectivity index (χ1v) is 4.93. The lowest BCUT2D eigenvalue weighted by Gasteiger charge is -2.13. The van der Waals surface area contributed by atoms with E-state index in [4.69, 9.17) is 16.3 Å². The first-order chi connectivity index (χ1) is 6.69. The van der Waals surface area contributed by atoms with Crippen molar-refractivity contribution in [3.63, 3.8) is 0 Å². The molecule has 0 saturated heterocycles. The smallest absolute Gasteiger partial charge is 0.330 e. The number of carbonyl (C=O) groups excluding carboxylic acids is 1. The Balaban J connectivity index is 2.76. The fraction of sp³-hybridized carbons (Fsp3) is 0.556. The van der Waals surface area contributed by atoms with E-state index in [1.54, 1.807) is 13.1 Å². The number of rotatable bonds is 4. The number of hydrogen-bond acceptors (Lipinski definition) is 3. The minimum absolute atomic E-state index is 0.269. The summed E-state index contributed by atoms with van der Waals surface area (Å²) in [4.78, 5) is 11.5. The van der Waals surface area contributed by atoms with Crippen LogP contribution in [0.1, 0.15) is 26.3 Å². The summed E-state index contributed by atoms with van der Waals surface area (Å²) in [7, 11) is 0. The third kappa shape index (κ3) is 2.48. The van der Waals surface area contributed by atoms with E-state index in [1.165, 1.54) is 10.9 Å². The van der Waals surface area contributed by atoms with Crippen LogP contribution in [0, 0.1) is 0 Å². The first kappa shape index (κ1) is 11.0. The zero-order valence-corrected chi connectivity index (χ0v) is 8.99. The third-order valence-electron chi connectivity index (χ3n) is 1.83. The lowest BCUT2D eigenvalue weighted by atomic mass is 10.2. The Morgan fingerprint density at radius 1 is 1.71 bits per heavy atom. The maximum atomic E-state index is 11.5. The van der Waals surface area contributed by atoms with E-state index in [-0.39, 0.29) is 12.0 Å². The van der Waals surface area contributed by atoms with Crippen LogP contribution in [-0.4, -0.2) is 22.4 Å². The van der Waals surface area contributed by atoms with Crippen LogP contribution < -0.4 is 0 Å². The molecule has 1 atom stereocenters. The van der Waals surface area contributed by atoms with Gasteiger partial charge in [-0.2, -0.15) is 5.10 Å². The zero-order chi connectivity index (χ0) is 10.6. The summed E-state index contributed by atoms with van der Waals surface area (Å²) in [6.07, 6.45) is 3.76. The van der Waals surface area contributed by atoms with Crippen LogP contribution in [0.3, 0.4) is 0 Å². The molecule has 4 nitrogen and oxygen atoms in total. The summed E-state index contributed by atoms with van der Waals surface area (Å²) in [5, 5.41) is 4.50. The largest absolute Gasteiger partial charge is 0.464 e. The second kappa shape index (κ2) is 5.00. The van der Waals surface area contributed by atoms with E-state index in [1.807, 2.05) is 6.92 Å². The van der Waals surface area contributed by atoms with Gasteiger partial charge in [-0.05, 0) is 13.3 Å². The molecule has 0 amide bonds. The fourth-order valence-corrected chi connectivity index (χ4v) is 1.33. The van der Waals surface area contributed by atoms with E-state index in [9.17, 15) is 4.79 Å². The summed E-state index contributed by atoms with van der Waals surface area (Å²) in [5.74, 6) is -0.269. The van der Waals surface area contributed by atoms with Gasteiger partial charge < -0.3 is 4.74 Å². The average Bonchev–Trinajstić information content (AvgIpc) is 2.54. The van der Waals surface area contributed by atoms with Crippen LogP contribution in [-0.2, 0) is 9.53 Å². The van der Waals surface area contributed by atoms with Crippen molar-refractivity contribution in [2.75, 3.05) is 6.61 Å². The second-order valence-corrected chi connectivity index (χ2v) is 3.25. The van der Waals surface area contributed by atoms with Gasteiger partial charge in [0.2, 0.25) is 0 Å². The molecular weight excluding hydrogens is 204 g/mol. The SMILES string of the molecule is CCOC(=O)C(CC)n1cc(Cl)cn1. The van der Waals surface area contributed by atoms with E-state index in [0.717, 1.165) is 0 Å². The number of esters is 1. The summed E-state index contributed by atoms with van der Waals surface area (Å²) in [6.45, 7) is 4.06. The minimum Gasteiger partial charge on any atom is -0.464 e. The molecule has 1 aromatic heterocycles. The van der Waals surface area contributed by atoms with Gasteiger partial charge in [-0.15, -0.1) is 0 Å². The van der Waals surface area contributed by atoms with E-state index < -0.39 is 0 Å². The van der Waals surface area contributed by atoms with Crippen molar-refractivity contribution in [3.8, 4) is 0 Å². The first-order valence-electron chi connectivity index (χ1n) is 4.55. The van der Waals surface area contributed by atoms with Gasteiger partial charge in [-0.3, -0.25) is 4.68 Å². The predicted molar refractivity (Wildman–Crippen MR) is 53.2 cm³/mol. The summed E-state index contributed by atoms with van der Waals surface area (Å²) >= 11 is 5.71. The molecule has 0 aliphatic rings. The number of nitrogens with zero attached hydrogens (tertiary/aromatic N) is 2. The van der Waals surface area contributed by atoms with E-state index in [0.29, 0.717) is 18.1 Å². The normalized spacial score (nSPS) is 12.5. The molecule has 0 aromatic carbocycles. The lowest BCUT2D eigenvalue weighted by Crippen LogP contribution is -2.21. The molecule has 0 aliphatic heterocycles. The topological polar surface area (TPSA) is 44.1 Å². The maximum Gasteiger partial charge on any atom is 0.330 e. The number of carbonyl (C=O) groups is 1. The quantitative estimate of drug-likeness (QED) is 0.724. The predicted octanol–water partition coefficient (Wildman–Crippen LogP) is 2.05. The van der Waals surface area contributed by atoms with Crippen molar-refractivity contribution >= 4 is 17.6 Å². The van der Waals surface area contributed by atoms with Crippen LogP contribution in [0.5, 0.6) is 0 Å². The second-order valence-electron chi connectivity index (χ2n) is 2.81. The number of halogens is 1. The maximum absolute atomic E-state index is 11.5. The van der Waals surface area contributed by atoms with Gasteiger partial charge >= 0.3 is 5.97 Å². The van der Waals surface area contributed by atoms with Crippen LogP contribution in [0.25, 0.3) is 0 Å². The van der Waals surface area contributed by atoms with Crippen molar-refractivity contribution < 1.29 is 9.53 Å². The molecular formula is C9H13ClN2O2. The van der Waals surface area contributed by atoms with Crippen molar-refractivity contribution in [3.05, 3.63) is 17.4 Å². The molecule has 0 saturated carbocycles. The molecule has 0 bridgehead atoms. The molecule has 14 heavy (non-hydrogen) atoms. The Labute approximate surface area is 87.8 Å². The highest BCUT2D eigenvalue weighted by molar-refractivity contribution is 6.30. The monoisotopic (exact) mass is 216 g/mol. The minimum atomic E-state index is -0.373.